The third-order valence-corrected chi connectivity index (χ3v) is 7.31. The van der Waals surface area contributed by atoms with Crippen molar-refractivity contribution in [1.82, 2.24) is 9.80 Å². The molecular weight excluding hydrogens is 410 g/mol. The number of nitrogens with two attached hydrogens (primary N) is 1. The first kappa shape index (κ1) is 20.2. The van der Waals surface area contributed by atoms with Crippen LogP contribution in [0.5, 0.6) is 0 Å². The Morgan fingerprint density at radius 1 is 1.03 bits per heavy atom. The first-order valence-corrected chi connectivity index (χ1v) is 11.4. The lowest BCUT2D eigenvalue weighted by Gasteiger charge is -2.42. The van der Waals surface area contributed by atoms with Crippen LogP contribution >= 0.6 is 11.3 Å². The summed E-state index contributed by atoms with van der Waals surface area (Å²) in [6.07, 6.45) is -0.336. The van der Waals surface area contributed by atoms with Crippen molar-refractivity contribution >= 4 is 33.2 Å². The number of nitrogens with zero attached hydrogens (tertiary/aromatic N) is 2. The number of morpholine rings is 1. The van der Waals surface area contributed by atoms with Gasteiger partial charge in [0.15, 0.2) is 0 Å². The van der Waals surface area contributed by atoms with Gasteiger partial charge >= 0.3 is 0 Å². The number of ether oxygens (including phenoxy) is 1. The van der Waals surface area contributed by atoms with Gasteiger partial charge in [0.2, 0.25) is 5.91 Å². The Morgan fingerprint density at radius 2 is 1.77 bits per heavy atom. The van der Waals surface area contributed by atoms with Crippen molar-refractivity contribution in [2.24, 2.45) is 11.7 Å². The Kier molecular flexibility index (Phi) is 5.48. The maximum absolute atomic E-state index is 13.1. The third-order valence-electron chi connectivity index (χ3n) is 6.11. The highest BCUT2D eigenvalue weighted by atomic mass is 32.1. The minimum absolute atomic E-state index is 0.0253. The minimum atomic E-state index is -0.446. The van der Waals surface area contributed by atoms with Gasteiger partial charge in [-0.15, -0.1) is 11.3 Å². The maximum atomic E-state index is 13.1. The van der Waals surface area contributed by atoms with Gasteiger partial charge in [-0.2, -0.15) is 0 Å². The van der Waals surface area contributed by atoms with Crippen LogP contribution in [0.4, 0.5) is 0 Å². The first-order valence-electron chi connectivity index (χ1n) is 10.6. The molecule has 1 aromatic heterocycles. The quantitative estimate of drug-likeness (QED) is 0.668. The van der Waals surface area contributed by atoms with Crippen LogP contribution in [0.3, 0.4) is 0 Å². The van der Waals surface area contributed by atoms with E-state index in [1.54, 1.807) is 0 Å². The molecule has 0 radical (unpaired) electrons. The zero-order valence-electron chi connectivity index (χ0n) is 17.2. The number of primary amides is 1. The van der Waals surface area contributed by atoms with Crippen molar-refractivity contribution in [2.75, 3.05) is 32.8 Å². The Balaban J connectivity index is 1.27. The molecule has 1 atom stereocenters. The third kappa shape index (κ3) is 3.96. The number of hydrogen-bond acceptors (Lipinski definition) is 5. The molecule has 2 saturated heterocycles. The molecule has 2 aliphatic rings. The maximum Gasteiger partial charge on any atom is 0.259 e. The summed E-state index contributed by atoms with van der Waals surface area (Å²) in [7, 11) is 0. The summed E-state index contributed by atoms with van der Waals surface area (Å²) in [4.78, 5) is 29.9. The molecule has 31 heavy (non-hydrogen) atoms. The summed E-state index contributed by atoms with van der Waals surface area (Å²) in [5, 5.41) is 0.985. The Bertz CT molecular complexity index is 1110. The number of carbonyl (C=O) groups excluding carboxylic acids is 2. The molecule has 5 rings (SSSR count). The molecule has 0 spiro atoms. The lowest BCUT2D eigenvalue weighted by Crippen LogP contribution is -2.56. The van der Waals surface area contributed by atoms with E-state index >= 15 is 0 Å². The highest BCUT2D eigenvalue weighted by Crippen LogP contribution is 2.38. The molecule has 2 aromatic carbocycles. The van der Waals surface area contributed by atoms with E-state index in [2.05, 4.69) is 17.0 Å². The normalized spacial score (nSPS) is 20.0. The first-order chi connectivity index (χ1) is 15.1. The monoisotopic (exact) mass is 435 g/mol. The molecule has 6 nitrogen and oxygen atoms in total. The van der Waals surface area contributed by atoms with Gasteiger partial charge in [-0.1, -0.05) is 48.5 Å². The number of carbonyl (C=O) groups is 2. The standard InChI is InChI=1S/C24H25N3O3S/c25-23(28)22-21(18-8-4-5-9-20(18)31-22)19-15-27(10-11-30-19)24(29)17-13-26(14-17)12-16-6-2-1-3-7-16/h1-9,17,19H,10-15H2,(H2,25,28). The number of fused-ring (bicyclic) bond motifs is 1. The predicted octanol–water partition coefficient (Wildman–Crippen LogP) is 3.03. The molecular formula is C24H25N3O3S. The average Bonchev–Trinajstić information content (AvgIpc) is 3.16. The van der Waals surface area contributed by atoms with Crippen molar-refractivity contribution < 1.29 is 14.3 Å². The van der Waals surface area contributed by atoms with Crippen LogP contribution in [0.25, 0.3) is 10.1 Å². The van der Waals surface area contributed by atoms with E-state index in [4.69, 9.17) is 10.5 Å². The fourth-order valence-electron chi connectivity index (χ4n) is 4.55. The topological polar surface area (TPSA) is 75.9 Å². The lowest BCUT2D eigenvalue weighted by atomic mass is 9.96. The molecule has 7 heteroatoms. The Morgan fingerprint density at radius 3 is 2.55 bits per heavy atom. The predicted molar refractivity (Wildman–Crippen MR) is 121 cm³/mol. The fourth-order valence-corrected chi connectivity index (χ4v) is 5.65. The largest absolute Gasteiger partial charge is 0.370 e. The molecule has 3 aromatic rings. The Labute approximate surface area is 185 Å². The molecule has 0 saturated carbocycles. The van der Waals surface area contributed by atoms with Crippen molar-refractivity contribution in [3.05, 3.63) is 70.6 Å². The summed E-state index contributed by atoms with van der Waals surface area (Å²) in [6.45, 7) is 3.93. The molecule has 3 heterocycles. The summed E-state index contributed by atoms with van der Waals surface area (Å²) in [6, 6.07) is 18.2. The Hall–Kier alpha value is -2.74. The van der Waals surface area contributed by atoms with Gasteiger partial charge in [0.1, 0.15) is 6.10 Å². The highest BCUT2D eigenvalue weighted by molar-refractivity contribution is 7.21. The van der Waals surface area contributed by atoms with Gasteiger partial charge in [0.25, 0.3) is 5.91 Å². The van der Waals surface area contributed by atoms with Crippen LogP contribution in [0.15, 0.2) is 54.6 Å². The fraction of sp³-hybridized carbons (Fsp3) is 0.333. The summed E-state index contributed by atoms with van der Waals surface area (Å²) in [5.74, 6) is -0.242. The second-order valence-electron chi connectivity index (χ2n) is 8.23. The number of rotatable bonds is 5. The van der Waals surface area contributed by atoms with Gasteiger partial charge in [-0.3, -0.25) is 14.5 Å². The van der Waals surface area contributed by atoms with E-state index in [9.17, 15) is 9.59 Å². The number of thiophene rings is 1. The number of benzene rings is 2. The highest BCUT2D eigenvalue weighted by Gasteiger charge is 2.38. The molecule has 2 aliphatic heterocycles. The van der Waals surface area contributed by atoms with Crippen molar-refractivity contribution in [3.8, 4) is 0 Å². The van der Waals surface area contributed by atoms with Crippen molar-refractivity contribution in [3.63, 3.8) is 0 Å². The molecule has 0 aliphatic carbocycles. The van der Waals surface area contributed by atoms with Gasteiger partial charge < -0.3 is 15.4 Å². The van der Waals surface area contributed by atoms with Gasteiger partial charge in [0.05, 0.1) is 23.9 Å². The molecule has 0 bridgehead atoms. The van der Waals surface area contributed by atoms with Gasteiger partial charge in [-0.05, 0) is 17.0 Å². The van der Waals surface area contributed by atoms with E-state index in [1.165, 1.54) is 16.9 Å². The van der Waals surface area contributed by atoms with Crippen molar-refractivity contribution in [2.45, 2.75) is 12.6 Å². The number of likely N-dealkylation sites (tertiary alicyclic amines) is 1. The van der Waals surface area contributed by atoms with Crippen LogP contribution < -0.4 is 5.73 Å². The zero-order chi connectivity index (χ0) is 21.4. The van der Waals surface area contributed by atoms with E-state index in [-0.39, 0.29) is 17.9 Å². The summed E-state index contributed by atoms with van der Waals surface area (Å²) >= 11 is 1.39. The zero-order valence-corrected chi connectivity index (χ0v) is 18.0. The summed E-state index contributed by atoms with van der Waals surface area (Å²) in [5.41, 5.74) is 7.76. The smallest absolute Gasteiger partial charge is 0.259 e. The minimum Gasteiger partial charge on any atom is -0.370 e. The summed E-state index contributed by atoms with van der Waals surface area (Å²) < 4.78 is 7.04. The number of amides is 2. The second kappa shape index (κ2) is 8.42. The molecule has 160 valence electrons. The molecule has 2 amide bonds. The van der Waals surface area contributed by atoms with Crippen molar-refractivity contribution in [1.29, 1.82) is 0 Å². The van der Waals surface area contributed by atoms with Crippen LogP contribution in [0, 0.1) is 5.92 Å². The van der Waals surface area contributed by atoms with Crippen LogP contribution in [0.2, 0.25) is 0 Å². The van der Waals surface area contributed by atoms with E-state index in [0.717, 1.165) is 35.3 Å². The second-order valence-corrected chi connectivity index (χ2v) is 9.28. The van der Waals surface area contributed by atoms with Crippen LogP contribution in [0.1, 0.15) is 26.9 Å². The molecule has 1 unspecified atom stereocenters. The molecule has 2 N–H and O–H groups in total. The van der Waals surface area contributed by atoms with E-state index in [0.29, 0.717) is 24.6 Å². The molecule has 2 fully saturated rings. The average molecular weight is 436 g/mol. The van der Waals surface area contributed by atoms with E-state index in [1.807, 2.05) is 47.4 Å². The number of hydrogen-bond donors (Lipinski definition) is 1. The lowest BCUT2D eigenvalue weighted by molar-refractivity contribution is -0.149. The van der Waals surface area contributed by atoms with Crippen LogP contribution in [-0.4, -0.2) is 54.4 Å². The van der Waals surface area contributed by atoms with Gasteiger partial charge in [0, 0.05) is 36.4 Å². The van der Waals surface area contributed by atoms with Crippen LogP contribution in [-0.2, 0) is 16.1 Å². The SMILES string of the molecule is NC(=O)c1sc2ccccc2c1C1CN(C(=O)C2CN(Cc3ccccc3)C2)CCO1. The van der Waals surface area contributed by atoms with Gasteiger partial charge in [-0.25, -0.2) is 0 Å². The van der Waals surface area contributed by atoms with E-state index < -0.39 is 5.91 Å².